The average molecular weight is 330 g/mol. The summed E-state index contributed by atoms with van der Waals surface area (Å²) >= 11 is 0. The van der Waals surface area contributed by atoms with Crippen LogP contribution < -0.4 is 5.32 Å². The van der Waals surface area contributed by atoms with Gasteiger partial charge in [-0.2, -0.15) is 0 Å². The predicted molar refractivity (Wildman–Crippen MR) is 89.9 cm³/mol. The number of carbonyl (C=O) groups excluding carboxylic acids is 1. The largest absolute Gasteiger partial charge is 0.323 e. The normalized spacial score (nSPS) is 21.0. The monoisotopic (exact) mass is 330 g/mol. The van der Waals surface area contributed by atoms with Crippen LogP contribution in [-0.2, 0) is 11.3 Å². The van der Waals surface area contributed by atoms with Gasteiger partial charge in [0.2, 0.25) is 5.67 Å². The highest BCUT2D eigenvalue weighted by molar-refractivity contribution is 5.97. The van der Waals surface area contributed by atoms with Crippen molar-refractivity contribution in [3.05, 3.63) is 65.5 Å². The number of anilines is 1. The van der Waals surface area contributed by atoms with Crippen LogP contribution in [0.2, 0.25) is 0 Å². The summed E-state index contributed by atoms with van der Waals surface area (Å²) in [5.41, 5.74) is 0.00319. The summed E-state index contributed by atoms with van der Waals surface area (Å²) in [7, 11) is 0. The topological polar surface area (TPSA) is 32.3 Å². The van der Waals surface area contributed by atoms with Gasteiger partial charge in [-0.15, -0.1) is 0 Å². The van der Waals surface area contributed by atoms with E-state index in [0.29, 0.717) is 24.3 Å². The minimum atomic E-state index is -1.92. The first-order chi connectivity index (χ1) is 11.5. The lowest BCUT2D eigenvalue weighted by Gasteiger charge is -2.20. The first-order valence-electron chi connectivity index (χ1n) is 7.99. The summed E-state index contributed by atoms with van der Waals surface area (Å²) in [6, 6.07) is 14.0. The molecule has 0 spiro atoms. The maximum absolute atomic E-state index is 15.0. The van der Waals surface area contributed by atoms with Gasteiger partial charge in [0.25, 0.3) is 5.91 Å². The molecule has 1 saturated heterocycles. The molecular formula is C19H20F2N2O. The highest BCUT2D eigenvalue weighted by Crippen LogP contribution is 2.28. The molecule has 0 radical (unpaired) electrons. The minimum absolute atomic E-state index is 0.0634. The molecule has 3 nitrogen and oxygen atoms in total. The number of nitrogens with one attached hydrogen (secondary N) is 1. The van der Waals surface area contributed by atoms with Gasteiger partial charge in [0, 0.05) is 31.7 Å². The van der Waals surface area contributed by atoms with Gasteiger partial charge in [0.15, 0.2) is 0 Å². The number of halogens is 2. The van der Waals surface area contributed by atoms with E-state index < -0.39 is 11.6 Å². The van der Waals surface area contributed by atoms with E-state index in [0.717, 1.165) is 5.56 Å². The second-order valence-electron chi connectivity index (χ2n) is 6.33. The first-order valence-corrected chi connectivity index (χ1v) is 7.99. The maximum atomic E-state index is 15.0. The number of benzene rings is 2. The Hall–Kier alpha value is -2.27. The minimum Gasteiger partial charge on any atom is -0.323 e. The number of rotatable bonds is 4. The Balaban J connectivity index is 1.63. The third kappa shape index (κ3) is 3.62. The molecule has 0 aromatic heterocycles. The van der Waals surface area contributed by atoms with Crippen molar-refractivity contribution in [2.24, 2.45) is 0 Å². The number of carbonyl (C=O) groups is 1. The molecule has 126 valence electrons. The Morgan fingerprint density at radius 3 is 2.71 bits per heavy atom. The summed E-state index contributed by atoms with van der Waals surface area (Å²) in [5.74, 6) is -1.01. The van der Waals surface area contributed by atoms with Crippen LogP contribution in [0.25, 0.3) is 0 Å². The standard InChI is InChI=1S/C19H20F2N2O/c1-14-11-16(7-8-17(14)20)22-18(24)19(21)9-10-23(13-19)12-15-5-3-2-4-6-15/h2-8,11H,9-10,12-13H2,1H3,(H,22,24). The molecule has 3 rings (SSSR count). The van der Waals surface area contributed by atoms with E-state index in [1.54, 1.807) is 6.92 Å². The van der Waals surface area contributed by atoms with Crippen LogP contribution in [0.4, 0.5) is 14.5 Å². The lowest BCUT2D eigenvalue weighted by atomic mass is 10.0. The van der Waals surface area contributed by atoms with Crippen molar-refractivity contribution in [2.75, 3.05) is 18.4 Å². The average Bonchev–Trinajstić information content (AvgIpc) is 2.94. The van der Waals surface area contributed by atoms with Gasteiger partial charge < -0.3 is 5.32 Å². The van der Waals surface area contributed by atoms with Crippen molar-refractivity contribution < 1.29 is 13.6 Å². The molecule has 0 bridgehead atoms. The molecule has 5 heteroatoms. The Morgan fingerprint density at radius 1 is 1.25 bits per heavy atom. The van der Waals surface area contributed by atoms with E-state index in [1.165, 1.54) is 18.2 Å². The molecule has 1 aliphatic heterocycles. The van der Waals surface area contributed by atoms with Crippen molar-refractivity contribution in [1.29, 1.82) is 0 Å². The van der Waals surface area contributed by atoms with E-state index in [9.17, 15) is 13.6 Å². The fraction of sp³-hybridized carbons (Fsp3) is 0.316. The molecule has 1 amide bonds. The highest BCUT2D eigenvalue weighted by Gasteiger charge is 2.45. The number of hydrogen-bond donors (Lipinski definition) is 1. The fourth-order valence-corrected chi connectivity index (χ4v) is 2.98. The number of alkyl halides is 1. The molecule has 1 unspecified atom stereocenters. The van der Waals surface area contributed by atoms with Crippen molar-refractivity contribution >= 4 is 11.6 Å². The number of aryl methyl sites for hydroxylation is 1. The van der Waals surface area contributed by atoms with Crippen LogP contribution in [0.1, 0.15) is 17.5 Å². The molecule has 1 heterocycles. The first kappa shape index (κ1) is 16.6. The van der Waals surface area contributed by atoms with Crippen LogP contribution in [0.3, 0.4) is 0 Å². The molecule has 1 atom stereocenters. The molecule has 0 aliphatic carbocycles. The molecule has 24 heavy (non-hydrogen) atoms. The number of amides is 1. The molecule has 1 fully saturated rings. The molecule has 2 aromatic carbocycles. The Morgan fingerprint density at radius 2 is 2.00 bits per heavy atom. The zero-order valence-electron chi connectivity index (χ0n) is 13.6. The molecule has 1 aliphatic rings. The summed E-state index contributed by atoms with van der Waals surface area (Å²) < 4.78 is 28.3. The fourth-order valence-electron chi connectivity index (χ4n) is 2.98. The van der Waals surface area contributed by atoms with Gasteiger partial charge in [-0.05, 0) is 36.2 Å². The lowest BCUT2D eigenvalue weighted by Crippen LogP contribution is -2.41. The van der Waals surface area contributed by atoms with Crippen molar-refractivity contribution in [3.8, 4) is 0 Å². The van der Waals surface area contributed by atoms with E-state index >= 15 is 0 Å². The number of hydrogen-bond acceptors (Lipinski definition) is 2. The zero-order valence-corrected chi connectivity index (χ0v) is 13.6. The van der Waals surface area contributed by atoms with Gasteiger partial charge >= 0.3 is 0 Å². The van der Waals surface area contributed by atoms with E-state index in [1.807, 2.05) is 35.2 Å². The van der Waals surface area contributed by atoms with Crippen LogP contribution in [-0.4, -0.2) is 29.6 Å². The van der Waals surface area contributed by atoms with Crippen molar-refractivity contribution in [2.45, 2.75) is 25.6 Å². The zero-order chi connectivity index (χ0) is 17.2. The second kappa shape index (κ2) is 6.69. The van der Waals surface area contributed by atoms with Crippen LogP contribution in [0.15, 0.2) is 48.5 Å². The van der Waals surface area contributed by atoms with E-state index in [4.69, 9.17) is 0 Å². The third-order valence-corrected chi connectivity index (χ3v) is 4.37. The van der Waals surface area contributed by atoms with Crippen LogP contribution >= 0.6 is 0 Å². The number of likely N-dealkylation sites (tertiary alicyclic amines) is 1. The summed E-state index contributed by atoms with van der Waals surface area (Å²) in [4.78, 5) is 14.3. The lowest BCUT2D eigenvalue weighted by molar-refractivity contribution is -0.126. The van der Waals surface area contributed by atoms with Gasteiger partial charge in [-0.1, -0.05) is 30.3 Å². The molecular weight excluding hydrogens is 310 g/mol. The van der Waals surface area contributed by atoms with Crippen LogP contribution in [0.5, 0.6) is 0 Å². The van der Waals surface area contributed by atoms with Gasteiger partial charge in [-0.3, -0.25) is 9.69 Å². The Kier molecular flexibility index (Phi) is 4.62. The molecule has 1 N–H and O–H groups in total. The van der Waals surface area contributed by atoms with Crippen molar-refractivity contribution in [3.63, 3.8) is 0 Å². The van der Waals surface area contributed by atoms with Crippen LogP contribution in [0, 0.1) is 12.7 Å². The quantitative estimate of drug-likeness (QED) is 0.927. The van der Waals surface area contributed by atoms with Gasteiger partial charge in [0.05, 0.1) is 0 Å². The third-order valence-electron chi connectivity index (χ3n) is 4.37. The maximum Gasteiger partial charge on any atom is 0.263 e. The van der Waals surface area contributed by atoms with Gasteiger partial charge in [0.1, 0.15) is 5.82 Å². The molecule has 2 aromatic rings. The second-order valence-corrected chi connectivity index (χ2v) is 6.33. The van der Waals surface area contributed by atoms with E-state index in [-0.39, 0.29) is 18.8 Å². The van der Waals surface area contributed by atoms with Crippen molar-refractivity contribution in [1.82, 2.24) is 4.90 Å². The summed E-state index contributed by atoms with van der Waals surface area (Å²) in [6.07, 6.45) is 0.159. The van der Waals surface area contributed by atoms with Gasteiger partial charge in [-0.25, -0.2) is 8.78 Å². The Bertz CT molecular complexity index is 735. The smallest absolute Gasteiger partial charge is 0.263 e. The summed E-state index contributed by atoms with van der Waals surface area (Å²) in [6.45, 7) is 2.82. The summed E-state index contributed by atoms with van der Waals surface area (Å²) in [5, 5.41) is 2.57. The Labute approximate surface area is 140 Å². The van der Waals surface area contributed by atoms with E-state index in [2.05, 4.69) is 5.32 Å². The highest BCUT2D eigenvalue weighted by atomic mass is 19.1. The SMILES string of the molecule is Cc1cc(NC(=O)C2(F)CCN(Cc3ccccc3)C2)ccc1F. The molecule has 0 saturated carbocycles. The number of nitrogens with zero attached hydrogens (tertiary/aromatic N) is 1. The predicted octanol–water partition coefficient (Wildman–Crippen LogP) is 3.69.